The fourth-order valence-electron chi connectivity index (χ4n) is 1.22. The number of nitrogens with zero attached hydrogens (tertiary/aromatic N) is 1. The van der Waals surface area contributed by atoms with E-state index in [9.17, 15) is 0 Å². The van der Waals surface area contributed by atoms with Crippen molar-refractivity contribution in [2.75, 3.05) is 0 Å². The third-order valence-electron chi connectivity index (χ3n) is 1.91. The lowest BCUT2D eigenvalue weighted by molar-refractivity contribution is 0.480. The molecule has 0 radical (unpaired) electrons. The summed E-state index contributed by atoms with van der Waals surface area (Å²) < 4.78 is 5.23. The lowest BCUT2D eigenvalue weighted by atomic mass is 10.1. The van der Waals surface area contributed by atoms with Crippen molar-refractivity contribution in [1.29, 1.82) is 0 Å². The van der Waals surface area contributed by atoms with Gasteiger partial charge in [0.1, 0.15) is 6.26 Å². The highest BCUT2D eigenvalue weighted by molar-refractivity contribution is 4.92. The van der Waals surface area contributed by atoms with Gasteiger partial charge < -0.3 is 4.42 Å². The molecule has 68 valence electrons. The maximum atomic E-state index is 5.23. The van der Waals surface area contributed by atoms with E-state index in [1.165, 1.54) is 25.7 Å². The Balaban J connectivity index is 2.15. The van der Waals surface area contributed by atoms with Crippen LogP contribution in [-0.4, -0.2) is 4.98 Å². The van der Waals surface area contributed by atoms with E-state index in [1.807, 2.05) is 6.92 Å². The van der Waals surface area contributed by atoms with E-state index in [0.717, 1.165) is 18.0 Å². The molecule has 0 spiro atoms. The van der Waals surface area contributed by atoms with Gasteiger partial charge in [-0.3, -0.25) is 0 Å². The molecule has 0 aliphatic carbocycles. The molecule has 0 saturated heterocycles. The Bertz CT molecular complexity index is 217. The summed E-state index contributed by atoms with van der Waals surface area (Å²) in [5.74, 6) is 0.892. The Morgan fingerprint density at radius 3 is 2.75 bits per heavy atom. The van der Waals surface area contributed by atoms with Crippen LogP contribution in [0.4, 0.5) is 0 Å². The van der Waals surface area contributed by atoms with Crippen LogP contribution in [0.2, 0.25) is 0 Å². The van der Waals surface area contributed by atoms with E-state index >= 15 is 0 Å². The van der Waals surface area contributed by atoms with Crippen LogP contribution in [-0.2, 0) is 6.42 Å². The smallest absolute Gasteiger partial charge is 0.194 e. The molecule has 1 aromatic rings. The van der Waals surface area contributed by atoms with Gasteiger partial charge in [-0.15, -0.1) is 0 Å². The highest BCUT2D eigenvalue weighted by atomic mass is 16.3. The van der Waals surface area contributed by atoms with Crippen LogP contribution in [0.25, 0.3) is 0 Å². The summed E-state index contributed by atoms with van der Waals surface area (Å²) in [6.07, 6.45) is 7.80. The third-order valence-corrected chi connectivity index (χ3v) is 1.91. The number of rotatable bonds is 5. The molecule has 0 bridgehead atoms. The van der Waals surface area contributed by atoms with Gasteiger partial charge in [-0.25, -0.2) is 4.98 Å². The normalized spacial score (nSPS) is 10.5. The molecule has 0 aliphatic heterocycles. The van der Waals surface area contributed by atoms with Crippen molar-refractivity contribution >= 4 is 0 Å². The van der Waals surface area contributed by atoms with Crippen molar-refractivity contribution in [3.8, 4) is 0 Å². The van der Waals surface area contributed by atoms with Crippen LogP contribution in [0.5, 0.6) is 0 Å². The summed E-state index contributed by atoms with van der Waals surface area (Å²) in [6, 6.07) is 0. The molecule has 2 heteroatoms. The van der Waals surface area contributed by atoms with Crippen LogP contribution >= 0.6 is 0 Å². The van der Waals surface area contributed by atoms with Gasteiger partial charge in [0.25, 0.3) is 0 Å². The molecule has 0 saturated carbocycles. The molecule has 1 rings (SSSR count). The van der Waals surface area contributed by atoms with Crippen molar-refractivity contribution < 1.29 is 4.42 Å². The minimum absolute atomic E-state index is 0.892. The number of hydrogen-bond acceptors (Lipinski definition) is 2. The lowest BCUT2D eigenvalue weighted by Gasteiger charge is -1.94. The molecule has 0 fully saturated rings. The summed E-state index contributed by atoms with van der Waals surface area (Å²) >= 11 is 0. The minimum atomic E-state index is 0.892. The third kappa shape index (κ3) is 3.07. The van der Waals surface area contributed by atoms with E-state index in [4.69, 9.17) is 4.42 Å². The maximum Gasteiger partial charge on any atom is 0.194 e. The van der Waals surface area contributed by atoms with Gasteiger partial charge in [0.15, 0.2) is 5.89 Å². The Labute approximate surface area is 74.0 Å². The zero-order chi connectivity index (χ0) is 8.81. The molecular weight excluding hydrogens is 150 g/mol. The predicted molar refractivity (Wildman–Crippen MR) is 49.1 cm³/mol. The van der Waals surface area contributed by atoms with Gasteiger partial charge in [-0.2, -0.15) is 0 Å². The van der Waals surface area contributed by atoms with Crippen LogP contribution in [0.3, 0.4) is 0 Å². The van der Waals surface area contributed by atoms with Gasteiger partial charge in [0.05, 0.1) is 5.69 Å². The van der Waals surface area contributed by atoms with Crippen molar-refractivity contribution in [1.82, 2.24) is 4.98 Å². The molecule has 2 nitrogen and oxygen atoms in total. The van der Waals surface area contributed by atoms with Gasteiger partial charge in [0.2, 0.25) is 0 Å². The second-order valence-electron chi connectivity index (χ2n) is 3.19. The monoisotopic (exact) mass is 167 g/mol. The van der Waals surface area contributed by atoms with Crippen molar-refractivity contribution in [3.05, 3.63) is 17.8 Å². The Morgan fingerprint density at radius 2 is 2.17 bits per heavy atom. The van der Waals surface area contributed by atoms with Crippen LogP contribution in [0, 0.1) is 6.92 Å². The predicted octanol–water partition coefficient (Wildman–Crippen LogP) is 3.11. The van der Waals surface area contributed by atoms with E-state index in [-0.39, 0.29) is 0 Å². The largest absolute Gasteiger partial charge is 0.449 e. The van der Waals surface area contributed by atoms with Gasteiger partial charge in [0, 0.05) is 6.42 Å². The van der Waals surface area contributed by atoms with Crippen LogP contribution in [0.1, 0.15) is 44.2 Å². The summed E-state index contributed by atoms with van der Waals surface area (Å²) in [7, 11) is 0. The summed E-state index contributed by atoms with van der Waals surface area (Å²) in [5.41, 5.74) is 0.987. The number of oxazole rings is 1. The van der Waals surface area contributed by atoms with E-state index in [2.05, 4.69) is 11.9 Å². The zero-order valence-electron chi connectivity index (χ0n) is 7.97. The highest BCUT2D eigenvalue weighted by Gasteiger charge is 1.98. The second kappa shape index (κ2) is 4.96. The molecule has 0 aromatic carbocycles. The quantitative estimate of drug-likeness (QED) is 0.630. The molecule has 0 N–H and O–H groups in total. The highest BCUT2D eigenvalue weighted by Crippen LogP contribution is 2.07. The van der Waals surface area contributed by atoms with E-state index in [1.54, 1.807) is 6.26 Å². The first-order valence-corrected chi connectivity index (χ1v) is 4.74. The van der Waals surface area contributed by atoms with Crippen LogP contribution < -0.4 is 0 Å². The standard InChI is InChI=1S/C10H17NO/c1-3-4-5-6-7-10-11-9(2)8-12-10/h8H,3-7H2,1-2H3. The van der Waals surface area contributed by atoms with Gasteiger partial charge in [-0.1, -0.05) is 26.2 Å². The average Bonchev–Trinajstić information content (AvgIpc) is 2.45. The van der Waals surface area contributed by atoms with Gasteiger partial charge >= 0.3 is 0 Å². The minimum Gasteiger partial charge on any atom is -0.449 e. The first-order chi connectivity index (χ1) is 5.83. The van der Waals surface area contributed by atoms with E-state index in [0.29, 0.717) is 0 Å². The molecule has 0 unspecified atom stereocenters. The summed E-state index contributed by atoms with van der Waals surface area (Å²) in [6.45, 7) is 4.17. The molecular formula is C10H17NO. The lowest BCUT2D eigenvalue weighted by Crippen LogP contribution is -1.85. The molecule has 1 heterocycles. The Morgan fingerprint density at radius 1 is 1.33 bits per heavy atom. The molecule has 12 heavy (non-hydrogen) atoms. The molecule has 0 amide bonds. The van der Waals surface area contributed by atoms with Crippen molar-refractivity contribution in [3.63, 3.8) is 0 Å². The van der Waals surface area contributed by atoms with E-state index < -0.39 is 0 Å². The topological polar surface area (TPSA) is 26.0 Å². The molecule has 0 atom stereocenters. The van der Waals surface area contributed by atoms with Gasteiger partial charge in [-0.05, 0) is 13.3 Å². The fraction of sp³-hybridized carbons (Fsp3) is 0.700. The first kappa shape index (κ1) is 9.30. The molecule has 1 aromatic heterocycles. The number of aromatic nitrogens is 1. The number of aryl methyl sites for hydroxylation is 2. The van der Waals surface area contributed by atoms with Crippen molar-refractivity contribution in [2.24, 2.45) is 0 Å². The SMILES string of the molecule is CCCCCCc1nc(C)co1. The number of hydrogen-bond donors (Lipinski definition) is 0. The Kier molecular flexibility index (Phi) is 3.85. The number of unbranched alkanes of at least 4 members (excludes halogenated alkanes) is 3. The first-order valence-electron chi connectivity index (χ1n) is 4.74. The summed E-state index contributed by atoms with van der Waals surface area (Å²) in [4.78, 5) is 4.24. The second-order valence-corrected chi connectivity index (χ2v) is 3.19. The van der Waals surface area contributed by atoms with Crippen LogP contribution in [0.15, 0.2) is 10.7 Å². The molecule has 0 aliphatic rings. The summed E-state index contributed by atoms with van der Waals surface area (Å²) in [5, 5.41) is 0. The fourth-order valence-corrected chi connectivity index (χ4v) is 1.22. The average molecular weight is 167 g/mol. The van der Waals surface area contributed by atoms with Crippen molar-refractivity contribution in [2.45, 2.75) is 46.0 Å². The maximum absolute atomic E-state index is 5.23. The zero-order valence-corrected chi connectivity index (χ0v) is 7.97. The Hall–Kier alpha value is -0.790.